The summed E-state index contributed by atoms with van der Waals surface area (Å²) in [5.74, 6) is 0.506. The average Bonchev–Trinajstić information content (AvgIpc) is 2.73. The Morgan fingerprint density at radius 2 is 2.11 bits per heavy atom. The van der Waals surface area contributed by atoms with E-state index >= 15 is 0 Å². The Kier molecular flexibility index (Phi) is 3.96. The van der Waals surface area contributed by atoms with Gasteiger partial charge < -0.3 is 9.88 Å². The van der Waals surface area contributed by atoms with Gasteiger partial charge in [-0.25, -0.2) is 4.98 Å². The third-order valence-electron chi connectivity index (χ3n) is 2.74. The molecule has 1 amide bonds. The number of para-hydroxylation sites is 2. The molecule has 1 heterocycles. The van der Waals surface area contributed by atoms with E-state index in [9.17, 15) is 4.79 Å². The number of amides is 1. The third-order valence-corrected chi connectivity index (χ3v) is 3.05. The number of rotatable bonds is 2. The van der Waals surface area contributed by atoms with Crippen LogP contribution < -0.4 is 16.2 Å². The standard InChI is InChI=1S/C12H15N5OS/c1-13-12(19)16-15-11(18)7-10-14-8-5-3-4-6-9(8)17(10)2/h3-6H,7H2,1-2H3,(H,15,18)(H2,13,16,19). The monoisotopic (exact) mass is 277 g/mol. The summed E-state index contributed by atoms with van der Waals surface area (Å²) in [5.41, 5.74) is 6.98. The van der Waals surface area contributed by atoms with Crippen LogP contribution in [0.3, 0.4) is 0 Å². The van der Waals surface area contributed by atoms with E-state index in [0.29, 0.717) is 10.9 Å². The fourth-order valence-electron chi connectivity index (χ4n) is 1.73. The number of fused-ring (bicyclic) bond motifs is 1. The van der Waals surface area contributed by atoms with Crippen molar-refractivity contribution in [3.63, 3.8) is 0 Å². The summed E-state index contributed by atoms with van der Waals surface area (Å²) in [5, 5.41) is 3.06. The number of aryl methyl sites for hydroxylation is 1. The molecule has 1 aromatic heterocycles. The maximum Gasteiger partial charge on any atom is 0.245 e. The molecule has 0 aliphatic carbocycles. The minimum Gasteiger partial charge on any atom is -0.364 e. The summed E-state index contributed by atoms with van der Waals surface area (Å²) < 4.78 is 1.91. The Balaban J connectivity index is 2.07. The molecule has 0 unspecified atom stereocenters. The van der Waals surface area contributed by atoms with Crippen LogP contribution in [0.2, 0.25) is 0 Å². The van der Waals surface area contributed by atoms with Crippen molar-refractivity contribution >= 4 is 34.3 Å². The summed E-state index contributed by atoms with van der Waals surface area (Å²) in [6.07, 6.45) is 0.185. The van der Waals surface area contributed by atoms with Gasteiger partial charge in [0.05, 0.1) is 17.5 Å². The van der Waals surface area contributed by atoms with Crippen LogP contribution in [0.4, 0.5) is 0 Å². The van der Waals surface area contributed by atoms with Crippen molar-refractivity contribution < 1.29 is 4.79 Å². The molecule has 19 heavy (non-hydrogen) atoms. The van der Waals surface area contributed by atoms with Gasteiger partial charge in [-0.1, -0.05) is 12.1 Å². The van der Waals surface area contributed by atoms with Crippen molar-refractivity contribution in [1.82, 2.24) is 25.7 Å². The molecule has 0 saturated carbocycles. The molecule has 0 saturated heterocycles. The second-order valence-corrected chi connectivity index (χ2v) is 4.41. The topological polar surface area (TPSA) is 71.0 Å². The van der Waals surface area contributed by atoms with Crippen LogP contribution in [-0.4, -0.2) is 27.6 Å². The first kappa shape index (κ1) is 13.3. The number of nitrogens with zero attached hydrogens (tertiary/aromatic N) is 2. The Bertz CT molecular complexity index is 622. The Morgan fingerprint density at radius 3 is 2.79 bits per heavy atom. The van der Waals surface area contributed by atoms with Gasteiger partial charge in [0.2, 0.25) is 5.91 Å². The van der Waals surface area contributed by atoms with Crippen molar-refractivity contribution in [2.45, 2.75) is 6.42 Å². The number of carbonyl (C=O) groups is 1. The fourth-order valence-corrected chi connectivity index (χ4v) is 1.78. The van der Waals surface area contributed by atoms with Crippen LogP contribution in [0.1, 0.15) is 5.82 Å². The number of hydrogen-bond acceptors (Lipinski definition) is 3. The third kappa shape index (κ3) is 3.00. The van der Waals surface area contributed by atoms with Crippen molar-refractivity contribution in [2.75, 3.05) is 7.05 Å². The fraction of sp³-hybridized carbons (Fsp3) is 0.250. The van der Waals surface area contributed by atoms with Crippen LogP contribution in [-0.2, 0) is 18.3 Å². The zero-order valence-electron chi connectivity index (χ0n) is 10.7. The lowest BCUT2D eigenvalue weighted by atomic mass is 10.3. The van der Waals surface area contributed by atoms with Gasteiger partial charge in [0.25, 0.3) is 0 Å². The highest BCUT2D eigenvalue weighted by Gasteiger charge is 2.11. The van der Waals surface area contributed by atoms with Gasteiger partial charge in [-0.3, -0.25) is 15.6 Å². The quantitative estimate of drug-likeness (QED) is 0.542. The van der Waals surface area contributed by atoms with Gasteiger partial charge in [0, 0.05) is 14.1 Å². The molecule has 2 aromatic rings. The molecule has 0 aliphatic heterocycles. The van der Waals surface area contributed by atoms with Gasteiger partial charge in [-0.15, -0.1) is 0 Å². The number of aromatic nitrogens is 2. The summed E-state index contributed by atoms with van der Waals surface area (Å²) in [4.78, 5) is 16.2. The largest absolute Gasteiger partial charge is 0.364 e. The average molecular weight is 277 g/mol. The highest BCUT2D eigenvalue weighted by atomic mass is 32.1. The SMILES string of the molecule is CNC(=S)NNC(=O)Cc1nc2ccccc2n1C. The minimum absolute atomic E-state index is 0.185. The number of carbonyl (C=O) groups excluding carboxylic acids is 1. The zero-order chi connectivity index (χ0) is 13.8. The molecule has 2 rings (SSSR count). The van der Waals surface area contributed by atoms with E-state index in [1.54, 1.807) is 7.05 Å². The van der Waals surface area contributed by atoms with Gasteiger partial charge in [0.1, 0.15) is 5.82 Å². The van der Waals surface area contributed by atoms with Gasteiger partial charge in [-0.05, 0) is 24.4 Å². The molecule has 7 heteroatoms. The van der Waals surface area contributed by atoms with E-state index in [4.69, 9.17) is 12.2 Å². The normalized spacial score (nSPS) is 10.2. The van der Waals surface area contributed by atoms with E-state index in [0.717, 1.165) is 11.0 Å². The van der Waals surface area contributed by atoms with Gasteiger partial charge in [-0.2, -0.15) is 0 Å². The molecule has 1 aromatic carbocycles. The second-order valence-electron chi connectivity index (χ2n) is 4.00. The van der Waals surface area contributed by atoms with Crippen molar-refractivity contribution in [1.29, 1.82) is 0 Å². The lowest BCUT2D eigenvalue weighted by Crippen LogP contribution is -2.46. The predicted octanol–water partition coefficient (Wildman–Crippen LogP) is 0.241. The Labute approximate surface area is 116 Å². The van der Waals surface area contributed by atoms with Crippen LogP contribution in [0.25, 0.3) is 11.0 Å². The number of benzene rings is 1. The lowest BCUT2D eigenvalue weighted by molar-refractivity contribution is -0.121. The Hall–Kier alpha value is -2.15. The first-order valence-electron chi connectivity index (χ1n) is 5.78. The molecule has 0 spiro atoms. The maximum atomic E-state index is 11.7. The van der Waals surface area contributed by atoms with Crippen molar-refractivity contribution in [3.05, 3.63) is 30.1 Å². The highest BCUT2D eigenvalue weighted by molar-refractivity contribution is 7.80. The predicted molar refractivity (Wildman–Crippen MR) is 77.4 cm³/mol. The number of imidazole rings is 1. The summed E-state index contributed by atoms with van der Waals surface area (Å²) in [7, 11) is 3.57. The first-order chi connectivity index (χ1) is 9.11. The van der Waals surface area contributed by atoms with E-state index in [2.05, 4.69) is 21.2 Å². The number of thiocarbonyl (C=S) groups is 1. The zero-order valence-corrected chi connectivity index (χ0v) is 11.5. The first-order valence-corrected chi connectivity index (χ1v) is 6.19. The van der Waals surface area contributed by atoms with E-state index in [-0.39, 0.29) is 12.3 Å². The molecule has 6 nitrogen and oxygen atoms in total. The van der Waals surface area contributed by atoms with E-state index < -0.39 is 0 Å². The van der Waals surface area contributed by atoms with Crippen LogP contribution >= 0.6 is 12.2 Å². The van der Waals surface area contributed by atoms with Gasteiger partial charge >= 0.3 is 0 Å². The molecule has 100 valence electrons. The van der Waals surface area contributed by atoms with E-state index in [1.165, 1.54) is 0 Å². The smallest absolute Gasteiger partial charge is 0.245 e. The number of hydrogen-bond donors (Lipinski definition) is 3. The molecular weight excluding hydrogens is 262 g/mol. The van der Waals surface area contributed by atoms with Crippen molar-refractivity contribution in [3.8, 4) is 0 Å². The summed E-state index contributed by atoms with van der Waals surface area (Å²) in [6.45, 7) is 0. The van der Waals surface area contributed by atoms with Crippen LogP contribution in [0.15, 0.2) is 24.3 Å². The van der Waals surface area contributed by atoms with Crippen molar-refractivity contribution in [2.24, 2.45) is 7.05 Å². The van der Waals surface area contributed by atoms with Gasteiger partial charge in [0.15, 0.2) is 5.11 Å². The molecule has 0 fully saturated rings. The Morgan fingerprint density at radius 1 is 1.37 bits per heavy atom. The molecule has 0 atom stereocenters. The lowest BCUT2D eigenvalue weighted by Gasteiger charge is -2.08. The number of nitrogens with one attached hydrogen (secondary N) is 3. The second kappa shape index (κ2) is 5.66. The van der Waals surface area contributed by atoms with Crippen LogP contribution in [0.5, 0.6) is 0 Å². The van der Waals surface area contributed by atoms with E-state index in [1.807, 2.05) is 35.9 Å². The highest BCUT2D eigenvalue weighted by Crippen LogP contribution is 2.14. The maximum absolute atomic E-state index is 11.7. The molecular formula is C12H15N5OS. The van der Waals surface area contributed by atoms with Crippen LogP contribution in [0, 0.1) is 0 Å². The molecule has 0 aliphatic rings. The molecule has 3 N–H and O–H groups in total. The summed E-state index contributed by atoms with van der Waals surface area (Å²) >= 11 is 4.86. The molecule has 0 bridgehead atoms. The minimum atomic E-state index is -0.198. The molecule has 0 radical (unpaired) electrons. The summed E-state index contributed by atoms with van der Waals surface area (Å²) in [6, 6.07) is 7.76. The number of hydrazine groups is 1.